The summed E-state index contributed by atoms with van der Waals surface area (Å²) in [5.41, 5.74) is 0. The van der Waals surface area contributed by atoms with Gasteiger partial charge in [0.25, 0.3) is 0 Å². The van der Waals surface area contributed by atoms with Crippen LogP contribution in [0.1, 0.15) is 12.8 Å². The molecule has 3 N–H and O–H groups in total. The van der Waals surface area contributed by atoms with E-state index >= 15 is 0 Å². The number of nitrogens with one attached hydrogen (secondary N) is 3. The van der Waals surface area contributed by atoms with Crippen molar-refractivity contribution in [1.29, 1.82) is 0 Å². The third-order valence-corrected chi connectivity index (χ3v) is 2.38. The molecule has 0 radical (unpaired) electrons. The molecule has 3 amide bonds. The molecule has 6 heteroatoms. The molecular formula is C8H11N3O3. The summed E-state index contributed by atoms with van der Waals surface area (Å²) in [5, 5.41) is 7.83. The van der Waals surface area contributed by atoms with Crippen molar-refractivity contribution < 1.29 is 14.4 Å². The van der Waals surface area contributed by atoms with E-state index in [1.807, 2.05) is 0 Å². The minimum Gasteiger partial charge on any atom is -0.354 e. The summed E-state index contributed by atoms with van der Waals surface area (Å²) in [5.74, 6) is -0.577. The monoisotopic (exact) mass is 197 g/mol. The molecule has 0 spiro atoms. The molecule has 0 saturated carbocycles. The van der Waals surface area contributed by atoms with Gasteiger partial charge in [-0.1, -0.05) is 0 Å². The SMILES string of the molecule is O=C1CC(NC2CC(=O)NC2=O)CN1. The van der Waals surface area contributed by atoms with Crippen LogP contribution in [-0.2, 0) is 14.4 Å². The lowest BCUT2D eigenvalue weighted by Crippen LogP contribution is -2.43. The largest absolute Gasteiger partial charge is 0.354 e. The maximum Gasteiger partial charge on any atom is 0.244 e. The van der Waals surface area contributed by atoms with Gasteiger partial charge in [-0.3, -0.25) is 19.7 Å². The van der Waals surface area contributed by atoms with Crippen molar-refractivity contribution in [3.8, 4) is 0 Å². The summed E-state index contributed by atoms with van der Waals surface area (Å²) in [6.07, 6.45) is 0.543. The fourth-order valence-electron chi connectivity index (χ4n) is 1.70. The minimum absolute atomic E-state index is 0.0211. The second kappa shape index (κ2) is 3.38. The van der Waals surface area contributed by atoms with Crippen molar-refractivity contribution in [2.24, 2.45) is 0 Å². The molecule has 2 atom stereocenters. The van der Waals surface area contributed by atoms with E-state index in [0.29, 0.717) is 13.0 Å². The lowest BCUT2D eigenvalue weighted by molar-refractivity contribution is -0.125. The molecule has 76 valence electrons. The van der Waals surface area contributed by atoms with Crippen LogP contribution in [0.25, 0.3) is 0 Å². The molecule has 0 aliphatic carbocycles. The molecule has 2 heterocycles. The first-order chi connectivity index (χ1) is 6.65. The lowest BCUT2D eigenvalue weighted by atomic mass is 10.2. The van der Waals surface area contributed by atoms with Crippen molar-refractivity contribution in [3.05, 3.63) is 0 Å². The number of carbonyl (C=O) groups excluding carboxylic acids is 3. The third-order valence-electron chi connectivity index (χ3n) is 2.38. The van der Waals surface area contributed by atoms with Crippen molar-refractivity contribution in [1.82, 2.24) is 16.0 Å². The van der Waals surface area contributed by atoms with Gasteiger partial charge in [0.1, 0.15) is 0 Å². The molecule has 2 rings (SSSR count). The van der Waals surface area contributed by atoms with Crippen LogP contribution in [0.2, 0.25) is 0 Å². The highest BCUT2D eigenvalue weighted by atomic mass is 16.2. The normalized spacial score (nSPS) is 31.9. The van der Waals surface area contributed by atoms with Crippen LogP contribution in [-0.4, -0.2) is 36.3 Å². The Morgan fingerprint density at radius 3 is 2.43 bits per heavy atom. The summed E-state index contributed by atoms with van der Waals surface area (Å²) in [7, 11) is 0. The number of carbonyl (C=O) groups is 3. The summed E-state index contributed by atoms with van der Waals surface area (Å²) in [6, 6.07) is -0.510. The first kappa shape index (κ1) is 9.14. The van der Waals surface area contributed by atoms with Gasteiger partial charge in [0.2, 0.25) is 17.7 Å². The number of hydrogen-bond acceptors (Lipinski definition) is 4. The van der Waals surface area contributed by atoms with Crippen molar-refractivity contribution in [2.75, 3.05) is 6.54 Å². The Labute approximate surface area is 80.4 Å². The van der Waals surface area contributed by atoms with Gasteiger partial charge in [-0.2, -0.15) is 0 Å². The molecule has 6 nitrogen and oxygen atoms in total. The van der Waals surface area contributed by atoms with E-state index < -0.39 is 6.04 Å². The van der Waals surface area contributed by atoms with Gasteiger partial charge >= 0.3 is 0 Å². The van der Waals surface area contributed by atoms with Crippen LogP contribution in [0.3, 0.4) is 0 Å². The second-order valence-electron chi connectivity index (χ2n) is 3.54. The Morgan fingerprint density at radius 2 is 1.93 bits per heavy atom. The van der Waals surface area contributed by atoms with Crippen LogP contribution in [0.15, 0.2) is 0 Å². The first-order valence-corrected chi connectivity index (χ1v) is 4.51. The van der Waals surface area contributed by atoms with E-state index in [1.54, 1.807) is 0 Å². The molecule has 0 bridgehead atoms. The van der Waals surface area contributed by atoms with E-state index in [2.05, 4.69) is 16.0 Å². The fraction of sp³-hybridized carbons (Fsp3) is 0.625. The van der Waals surface area contributed by atoms with E-state index in [4.69, 9.17) is 0 Å². The van der Waals surface area contributed by atoms with E-state index in [-0.39, 0.29) is 30.2 Å². The van der Waals surface area contributed by atoms with Gasteiger partial charge in [0, 0.05) is 19.0 Å². The third kappa shape index (κ3) is 1.74. The summed E-state index contributed by atoms with van der Waals surface area (Å²) >= 11 is 0. The molecule has 2 saturated heterocycles. The van der Waals surface area contributed by atoms with Crippen LogP contribution >= 0.6 is 0 Å². The topological polar surface area (TPSA) is 87.3 Å². The van der Waals surface area contributed by atoms with Crippen LogP contribution < -0.4 is 16.0 Å². The first-order valence-electron chi connectivity index (χ1n) is 4.51. The molecular weight excluding hydrogens is 186 g/mol. The number of amides is 3. The zero-order valence-corrected chi connectivity index (χ0v) is 7.50. The average Bonchev–Trinajstić information content (AvgIpc) is 2.61. The molecule has 0 aromatic carbocycles. The Morgan fingerprint density at radius 1 is 1.14 bits per heavy atom. The zero-order chi connectivity index (χ0) is 10.1. The molecule has 14 heavy (non-hydrogen) atoms. The van der Waals surface area contributed by atoms with Crippen molar-refractivity contribution >= 4 is 17.7 Å². The predicted octanol–water partition coefficient (Wildman–Crippen LogP) is -2.12. The van der Waals surface area contributed by atoms with Gasteiger partial charge in [-0.25, -0.2) is 0 Å². The highest BCUT2D eigenvalue weighted by Gasteiger charge is 2.33. The second-order valence-corrected chi connectivity index (χ2v) is 3.54. The number of rotatable bonds is 2. The maximum absolute atomic E-state index is 11.2. The van der Waals surface area contributed by atoms with Gasteiger partial charge < -0.3 is 10.6 Å². The Hall–Kier alpha value is -1.43. The van der Waals surface area contributed by atoms with Crippen LogP contribution in [0, 0.1) is 0 Å². The fourth-order valence-corrected chi connectivity index (χ4v) is 1.70. The minimum atomic E-state index is -0.472. The predicted molar refractivity (Wildman–Crippen MR) is 46.1 cm³/mol. The summed E-state index contributed by atoms with van der Waals surface area (Å²) in [6.45, 7) is 0.525. The van der Waals surface area contributed by atoms with Gasteiger partial charge in [-0.05, 0) is 0 Å². The molecule has 2 aliphatic rings. The van der Waals surface area contributed by atoms with Gasteiger partial charge in [-0.15, -0.1) is 0 Å². The Kier molecular flexibility index (Phi) is 2.20. The van der Waals surface area contributed by atoms with Crippen molar-refractivity contribution in [3.63, 3.8) is 0 Å². The van der Waals surface area contributed by atoms with Crippen LogP contribution in [0.4, 0.5) is 0 Å². The highest BCUT2D eigenvalue weighted by Crippen LogP contribution is 2.06. The number of hydrogen-bond donors (Lipinski definition) is 3. The molecule has 2 fully saturated rings. The summed E-state index contributed by atoms with van der Waals surface area (Å²) in [4.78, 5) is 32.9. The highest BCUT2D eigenvalue weighted by molar-refractivity contribution is 6.05. The smallest absolute Gasteiger partial charge is 0.244 e. The van der Waals surface area contributed by atoms with E-state index in [1.165, 1.54) is 0 Å². The maximum atomic E-state index is 11.2. The van der Waals surface area contributed by atoms with Crippen LogP contribution in [0.5, 0.6) is 0 Å². The summed E-state index contributed by atoms with van der Waals surface area (Å²) < 4.78 is 0. The van der Waals surface area contributed by atoms with Gasteiger partial charge in [0.15, 0.2) is 0 Å². The molecule has 2 aliphatic heterocycles. The van der Waals surface area contributed by atoms with E-state index in [0.717, 1.165) is 0 Å². The molecule has 0 aromatic heterocycles. The average molecular weight is 197 g/mol. The quantitative estimate of drug-likeness (QED) is 0.442. The molecule has 0 aromatic rings. The standard InChI is InChI=1S/C8H11N3O3/c12-6-1-4(3-9-6)10-5-2-7(13)11-8(5)14/h4-5,10H,1-3H2,(H,9,12)(H,11,13,14). The Bertz CT molecular complexity index is 302. The van der Waals surface area contributed by atoms with E-state index in [9.17, 15) is 14.4 Å². The number of imide groups is 1. The zero-order valence-electron chi connectivity index (χ0n) is 7.50. The Balaban J connectivity index is 1.89. The molecule has 2 unspecified atom stereocenters. The van der Waals surface area contributed by atoms with Crippen molar-refractivity contribution in [2.45, 2.75) is 24.9 Å². The lowest BCUT2D eigenvalue weighted by Gasteiger charge is -2.13. The van der Waals surface area contributed by atoms with Gasteiger partial charge in [0.05, 0.1) is 12.5 Å².